The number of hydrogen-bond acceptors (Lipinski definition) is 1. The summed E-state index contributed by atoms with van der Waals surface area (Å²) in [4.78, 5) is 11.2. The Morgan fingerprint density at radius 2 is 2.20 bits per heavy atom. The molecule has 0 fully saturated rings. The van der Waals surface area contributed by atoms with Crippen molar-refractivity contribution in [1.82, 2.24) is 0 Å². The summed E-state index contributed by atoms with van der Waals surface area (Å²) in [5.41, 5.74) is 3.54. The quantitative estimate of drug-likeness (QED) is 0.785. The first kappa shape index (κ1) is 10.5. The van der Waals surface area contributed by atoms with Crippen LogP contribution in [0, 0.1) is 0 Å². The van der Waals surface area contributed by atoms with Gasteiger partial charge in [-0.25, -0.2) is 0 Å². The van der Waals surface area contributed by atoms with E-state index in [1.54, 1.807) is 0 Å². The van der Waals surface area contributed by atoms with Crippen molar-refractivity contribution in [3.05, 3.63) is 29.3 Å². The first-order valence-corrected chi connectivity index (χ1v) is 5.80. The maximum atomic E-state index is 11.2. The number of benzene rings is 1. The summed E-state index contributed by atoms with van der Waals surface area (Å²) in [5, 5.41) is 2.88. The molecule has 0 saturated heterocycles. The van der Waals surface area contributed by atoms with E-state index in [0.29, 0.717) is 12.3 Å². The standard InChI is InChI=1S/C12H14ClNO/c13-7-1-2-9-3-5-11-10(8-9)4-6-12(15)14-11/h3,5,8H,1-2,4,6-7H2,(H,14,15). The second-order valence-electron chi connectivity index (χ2n) is 3.83. The van der Waals surface area contributed by atoms with Crippen molar-refractivity contribution in [3.63, 3.8) is 0 Å². The van der Waals surface area contributed by atoms with Crippen LogP contribution in [0.3, 0.4) is 0 Å². The summed E-state index contributed by atoms with van der Waals surface area (Å²) in [6.07, 6.45) is 3.49. The Kier molecular flexibility index (Phi) is 3.27. The van der Waals surface area contributed by atoms with E-state index in [4.69, 9.17) is 11.6 Å². The number of hydrogen-bond donors (Lipinski definition) is 1. The summed E-state index contributed by atoms with van der Waals surface area (Å²) >= 11 is 5.66. The summed E-state index contributed by atoms with van der Waals surface area (Å²) in [6.45, 7) is 0. The van der Waals surface area contributed by atoms with Crippen molar-refractivity contribution >= 4 is 23.2 Å². The molecule has 1 aliphatic heterocycles. The molecular weight excluding hydrogens is 210 g/mol. The van der Waals surface area contributed by atoms with E-state index in [-0.39, 0.29) is 5.91 Å². The number of alkyl halides is 1. The van der Waals surface area contributed by atoms with Crippen LogP contribution in [0.4, 0.5) is 5.69 Å². The maximum Gasteiger partial charge on any atom is 0.224 e. The minimum atomic E-state index is 0.121. The second-order valence-corrected chi connectivity index (χ2v) is 4.21. The van der Waals surface area contributed by atoms with Crippen LogP contribution in [0.2, 0.25) is 0 Å². The molecule has 0 saturated carbocycles. The molecule has 0 unspecified atom stereocenters. The predicted octanol–water partition coefficient (Wildman–Crippen LogP) is 2.74. The molecule has 1 N–H and O–H groups in total. The summed E-state index contributed by atoms with van der Waals surface area (Å²) < 4.78 is 0. The van der Waals surface area contributed by atoms with Gasteiger partial charge in [-0.1, -0.05) is 12.1 Å². The Hall–Kier alpha value is -1.02. The van der Waals surface area contributed by atoms with Crippen LogP contribution >= 0.6 is 11.6 Å². The molecule has 2 nitrogen and oxygen atoms in total. The van der Waals surface area contributed by atoms with Gasteiger partial charge in [0.1, 0.15) is 0 Å². The van der Waals surface area contributed by atoms with Crippen molar-refractivity contribution < 1.29 is 4.79 Å². The highest BCUT2D eigenvalue weighted by Gasteiger charge is 2.14. The number of anilines is 1. The van der Waals surface area contributed by atoms with Gasteiger partial charge in [-0.05, 0) is 36.5 Å². The number of aryl methyl sites for hydroxylation is 2. The third kappa shape index (κ3) is 2.51. The zero-order valence-corrected chi connectivity index (χ0v) is 9.31. The summed E-state index contributed by atoms with van der Waals surface area (Å²) in [7, 11) is 0. The van der Waals surface area contributed by atoms with Crippen molar-refractivity contribution in [2.75, 3.05) is 11.2 Å². The number of rotatable bonds is 3. The fourth-order valence-electron chi connectivity index (χ4n) is 1.86. The van der Waals surface area contributed by atoms with E-state index in [1.165, 1.54) is 11.1 Å². The van der Waals surface area contributed by atoms with Gasteiger partial charge in [0.05, 0.1) is 0 Å². The molecule has 1 aliphatic rings. The van der Waals surface area contributed by atoms with Gasteiger partial charge in [-0.3, -0.25) is 4.79 Å². The molecule has 0 radical (unpaired) electrons. The molecule has 0 atom stereocenters. The summed E-state index contributed by atoms with van der Waals surface area (Å²) in [6, 6.07) is 6.24. The fraction of sp³-hybridized carbons (Fsp3) is 0.417. The molecule has 2 rings (SSSR count). The molecule has 0 bridgehead atoms. The number of fused-ring (bicyclic) bond motifs is 1. The molecule has 1 aromatic rings. The highest BCUT2D eigenvalue weighted by Crippen LogP contribution is 2.23. The number of carbonyl (C=O) groups is 1. The first-order valence-electron chi connectivity index (χ1n) is 5.27. The smallest absolute Gasteiger partial charge is 0.224 e. The molecule has 1 heterocycles. The Morgan fingerprint density at radius 3 is 3.00 bits per heavy atom. The Bertz CT molecular complexity index is 376. The van der Waals surface area contributed by atoms with Crippen LogP contribution in [-0.2, 0) is 17.6 Å². The van der Waals surface area contributed by atoms with Crippen molar-refractivity contribution in [3.8, 4) is 0 Å². The average Bonchev–Trinajstić information content (AvgIpc) is 2.26. The lowest BCUT2D eigenvalue weighted by Gasteiger charge is -2.17. The third-order valence-corrected chi connectivity index (χ3v) is 2.93. The molecule has 80 valence electrons. The number of halogens is 1. The molecule has 0 aromatic heterocycles. The number of amides is 1. The lowest BCUT2D eigenvalue weighted by molar-refractivity contribution is -0.116. The van der Waals surface area contributed by atoms with Crippen molar-refractivity contribution in [2.45, 2.75) is 25.7 Å². The third-order valence-electron chi connectivity index (χ3n) is 2.66. The molecular formula is C12H14ClNO. The van der Waals surface area contributed by atoms with Crippen LogP contribution in [0.15, 0.2) is 18.2 Å². The lowest BCUT2D eigenvalue weighted by Crippen LogP contribution is -2.18. The summed E-state index contributed by atoms with van der Waals surface area (Å²) in [5.74, 6) is 0.824. The van der Waals surface area contributed by atoms with Crippen LogP contribution < -0.4 is 5.32 Å². The van der Waals surface area contributed by atoms with E-state index in [1.807, 2.05) is 6.07 Å². The zero-order valence-electron chi connectivity index (χ0n) is 8.55. The van der Waals surface area contributed by atoms with Crippen LogP contribution in [0.25, 0.3) is 0 Å². The van der Waals surface area contributed by atoms with E-state index >= 15 is 0 Å². The average molecular weight is 224 g/mol. The molecule has 0 aliphatic carbocycles. The molecule has 15 heavy (non-hydrogen) atoms. The minimum Gasteiger partial charge on any atom is -0.326 e. The van der Waals surface area contributed by atoms with Gasteiger partial charge < -0.3 is 5.32 Å². The van der Waals surface area contributed by atoms with E-state index < -0.39 is 0 Å². The van der Waals surface area contributed by atoms with Gasteiger partial charge in [0.15, 0.2) is 0 Å². The van der Waals surface area contributed by atoms with Gasteiger partial charge in [0.25, 0.3) is 0 Å². The molecule has 1 aromatic carbocycles. The topological polar surface area (TPSA) is 29.1 Å². The van der Waals surface area contributed by atoms with Crippen LogP contribution in [0.5, 0.6) is 0 Å². The SMILES string of the molecule is O=C1CCc2cc(CCCCl)ccc2N1. The Morgan fingerprint density at radius 1 is 1.33 bits per heavy atom. The Labute approximate surface area is 94.6 Å². The first-order chi connectivity index (χ1) is 7.29. The Balaban J connectivity index is 2.15. The number of carbonyl (C=O) groups excluding carboxylic acids is 1. The highest BCUT2D eigenvalue weighted by molar-refractivity contribution is 6.17. The van der Waals surface area contributed by atoms with E-state index in [2.05, 4.69) is 17.4 Å². The van der Waals surface area contributed by atoms with Crippen LogP contribution in [-0.4, -0.2) is 11.8 Å². The van der Waals surface area contributed by atoms with Crippen molar-refractivity contribution in [1.29, 1.82) is 0 Å². The van der Waals surface area contributed by atoms with Gasteiger partial charge >= 0.3 is 0 Å². The van der Waals surface area contributed by atoms with Crippen LogP contribution in [0.1, 0.15) is 24.0 Å². The van der Waals surface area contributed by atoms with Crippen molar-refractivity contribution in [2.24, 2.45) is 0 Å². The maximum absolute atomic E-state index is 11.2. The largest absolute Gasteiger partial charge is 0.326 e. The lowest BCUT2D eigenvalue weighted by atomic mass is 9.99. The monoisotopic (exact) mass is 223 g/mol. The van der Waals surface area contributed by atoms with Gasteiger partial charge in [0, 0.05) is 18.0 Å². The molecule has 3 heteroatoms. The van der Waals surface area contributed by atoms with Gasteiger partial charge in [-0.15, -0.1) is 11.6 Å². The van der Waals surface area contributed by atoms with Gasteiger partial charge in [0.2, 0.25) is 5.91 Å². The molecule has 0 spiro atoms. The zero-order chi connectivity index (χ0) is 10.7. The van der Waals surface area contributed by atoms with E-state index in [9.17, 15) is 4.79 Å². The number of nitrogens with one attached hydrogen (secondary N) is 1. The highest BCUT2D eigenvalue weighted by atomic mass is 35.5. The normalized spacial score (nSPS) is 14.6. The van der Waals surface area contributed by atoms with E-state index in [0.717, 1.165) is 24.9 Å². The fourth-order valence-corrected chi connectivity index (χ4v) is 2.00. The predicted molar refractivity (Wildman–Crippen MR) is 62.4 cm³/mol. The van der Waals surface area contributed by atoms with Gasteiger partial charge in [-0.2, -0.15) is 0 Å². The minimum absolute atomic E-state index is 0.121. The molecule has 1 amide bonds. The second kappa shape index (κ2) is 4.67.